The van der Waals surface area contributed by atoms with E-state index in [0.29, 0.717) is 23.5 Å². The van der Waals surface area contributed by atoms with Crippen LogP contribution in [-0.2, 0) is 10.0 Å². The van der Waals surface area contributed by atoms with Crippen LogP contribution in [0.25, 0.3) is 0 Å². The average Bonchev–Trinajstić information content (AvgIpc) is 2.67. The van der Waals surface area contributed by atoms with E-state index in [1.54, 1.807) is 19.1 Å². The van der Waals surface area contributed by atoms with Gasteiger partial charge in [0.1, 0.15) is 5.82 Å². The number of nitrogens with one attached hydrogen (secondary N) is 2. The van der Waals surface area contributed by atoms with Crippen LogP contribution in [0.5, 0.6) is 11.5 Å². The Kier molecular flexibility index (Phi) is 7.36. The maximum absolute atomic E-state index is 13.5. The van der Waals surface area contributed by atoms with E-state index < -0.39 is 21.7 Å². The summed E-state index contributed by atoms with van der Waals surface area (Å²) in [7, 11) is -0.869. The lowest BCUT2D eigenvalue weighted by Crippen LogP contribution is -2.30. The molecule has 0 atom stereocenters. The molecule has 0 heterocycles. The monoisotopic (exact) mass is 410 g/mol. The van der Waals surface area contributed by atoms with Crippen molar-refractivity contribution in [2.45, 2.75) is 18.2 Å². The van der Waals surface area contributed by atoms with Crippen LogP contribution in [0.15, 0.2) is 41.3 Å². The summed E-state index contributed by atoms with van der Waals surface area (Å²) in [6, 6.07) is 8.63. The fourth-order valence-electron chi connectivity index (χ4n) is 2.57. The van der Waals surface area contributed by atoms with E-state index in [0.717, 1.165) is 0 Å². The molecule has 0 fully saturated rings. The number of methoxy groups -OCH3 is 2. The van der Waals surface area contributed by atoms with Crippen molar-refractivity contribution in [1.29, 1.82) is 0 Å². The third-order valence-electron chi connectivity index (χ3n) is 4.02. The van der Waals surface area contributed by atoms with E-state index in [9.17, 15) is 17.6 Å². The summed E-state index contributed by atoms with van der Waals surface area (Å²) in [5.41, 5.74) is 0.460. The van der Waals surface area contributed by atoms with E-state index in [-0.39, 0.29) is 23.5 Å². The Morgan fingerprint density at radius 1 is 1.07 bits per heavy atom. The topological polar surface area (TPSA) is 93.7 Å². The maximum atomic E-state index is 13.5. The van der Waals surface area contributed by atoms with Crippen LogP contribution in [0.3, 0.4) is 0 Å². The second kappa shape index (κ2) is 9.52. The minimum atomic E-state index is -3.77. The third-order valence-corrected chi connectivity index (χ3v) is 5.62. The van der Waals surface area contributed by atoms with Gasteiger partial charge in [-0.25, -0.2) is 17.5 Å². The predicted molar refractivity (Wildman–Crippen MR) is 103 cm³/mol. The first-order valence-electron chi connectivity index (χ1n) is 8.55. The molecule has 0 bridgehead atoms. The van der Waals surface area contributed by atoms with Gasteiger partial charge in [0.05, 0.1) is 24.7 Å². The van der Waals surface area contributed by atoms with Crippen molar-refractivity contribution in [3.63, 3.8) is 0 Å². The first-order valence-corrected chi connectivity index (χ1v) is 10.0. The lowest BCUT2D eigenvalue weighted by molar-refractivity contribution is 0.0949. The Hall–Kier alpha value is -2.65. The van der Waals surface area contributed by atoms with E-state index in [1.807, 2.05) is 0 Å². The van der Waals surface area contributed by atoms with Crippen molar-refractivity contribution in [3.05, 3.63) is 53.3 Å². The Bertz CT molecular complexity index is 947. The summed E-state index contributed by atoms with van der Waals surface area (Å²) in [6.45, 7) is 1.96. The highest BCUT2D eigenvalue weighted by Crippen LogP contribution is 2.32. The van der Waals surface area contributed by atoms with E-state index >= 15 is 0 Å². The molecule has 2 aromatic rings. The highest BCUT2D eigenvalue weighted by molar-refractivity contribution is 7.89. The van der Waals surface area contributed by atoms with Gasteiger partial charge in [0, 0.05) is 19.2 Å². The van der Waals surface area contributed by atoms with Crippen molar-refractivity contribution < 1.29 is 27.1 Å². The maximum Gasteiger partial charge on any atom is 0.254 e. The number of ether oxygens (including phenoxy) is 2. The number of benzene rings is 2. The molecule has 0 spiro atoms. The van der Waals surface area contributed by atoms with Gasteiger partial charge < -0.3 is 14.8 Å². The zero-order valence-corrected chi connectivity index (χ0v) is 16.7. The molecule has 0 aliphatic carbocycles. The molecule has 0 unspecified atom stereocenters. The molecular formula is C19H23FN2O5S. The van der Waals surface area contributed by atoms with Crippen LogP contribution in [0.2, 0.25) is 0 Å². The fraction of sp³-hybridized carbons (Fsp3) is 0.316. The van der Waals surface area contributed by atoms with Gasteiger partial charge in [0.15, 0.2) is 11.5 Å². The molecule has 0 radical (unpaired) electrons. The lowest BCUT2D eigenvalue weighted by atomic mass is 10.2. The average molecular weight is 410 g/mol. The van der Waals surface area contributed by atoms with E-state index in [4.69, 9.17) is 9.47 Å². The van der Waals surface area contributed by atoms with Crippen molar-refractivity contribution in [2.24, 2.45) is 0 Å². The first-order chi connectivity index (χ1) is 13.3. The van der Waals surface area contributed by atoms with Crippen LogP contribution >= 0.6 is 0 Å². The quantitative estimate of drug-likeness (QED) is 0.619. The molecule has 2 rings (SSSR count). The normalized spacial score (nSPS) is 11.1. The van der Waals surface area contributed by atoms with Crippen molar-refractivity contribution in [2.75, 3.05) is 27.3 Å². The molecule has 7 nitrogen and oxygen atoms in total. The summed E-state index contributed by atoms with van der Waals surface area (Å²) in [4.78, 5) is 12.0. The predicted octanol–water partition coefficient (Wildman–Crippen LogP) is 2.25. The summed E-state index contributed by atoms with van der Waals surface area (Å²) < 4.78 is 51.4. The van der Waals surface area contributed by atoms with Gasteiger partial charge in [-0.15, -0.1) is 0 Å². The largest absolute Gasteiger partial charge is 0.493 e. The minimum absolute atomic E-state index is 0.0518. The van der Waals surface area contributed by atoms with Gasteiger partial charge in [0.25, 0.3) is 5.91 Å². The zero-order chi connectivity index (χ0) is 20.7. The van der Waals surface area contributed by atoms with Crippen LogP contribution in [0, 0.1) is 12.7 Å². The number of carbonyl (C=O) groups is 1. The van der Waals surface area contributed by atoms with Gasteiger partial charge in [0.2, 0.25) is 10.0 Å². The summed E-state index contributed by atoms with van der Waals surface area (Å²) in [6.07, 6.45) is 0.339. The molecule has 28 heavy (non-hydrogen) atoms. The van der Waals surface area contributed by atoms with E-state index in [1.165, 1.54) is 38.5 Å². The molecule has 1 amide bonds. The van der Waals surface area contributed by atoms with Crippen molar-refractivity contribution in [3.8, 4) is 11.5 Å². The smallest absolute Gasteiger partial charge is 0.254 e. The summed E-state index contributed by atoms with van der Waals surface area (Å²) in [5.74, 6) is -0.401. The third kappa shape index (κ3) is 5.20. The second-order valence-electron chi connectivity index (χ2n) is 5.96. The number of carbonyl (C=O) groups excluding carboxylic acids is 1. The first kappa shape index (κ1) is 21.6. The lowest BCUT2D eigenvalue weighted by Gasteiger charge is -2.14. The van der Waals surface area contributed by atoms with Gasteiger partial charge in [-0.2, -0.15) is 0 Å². The molecule has 0 aliphatic heterocycles. The minimum Gasteiger partial charge on any atom is -0.493 e. The Morgan fingerprint density at radius 2 is 1.71 bits per heavy atom. The fourth-order valence-corrected chi connectivity index (χ4v) is 3.88. The standard InChI is InChI=1S/C19H23FN2O5S/c1-13-11-16(26-2)17(27-3)12-18(13)28(24,25)22-10-6-9-21-19(23)14-7-4-5-8-15(14)20/h4-5,7-8,11-12,22H,6,9-10H2,1-3H3,(H,21,23). The molecule has 2 N–H and O–H groups in total. The number of aryl methyl sites for hydroxylation is 1. The molecule has 0 saturated heterocycles. The van der Waals surface area contributed by atoms with Gasteiger partial charge in [-0.3, -0.25) is 4.79 Å². The van der Waals surface area contributed by atoms with Crippen LogP contribution in [0.1, 0.15) is 22.3 Å². The Balaban J connectivity index is 1.92. The highest BCUT2D eigenvalue weighted by atomic mass is 32.2. The van der Waals surface area contributed by atoms with Crippen molar-refractivity contribution in [1.82, 2.24) is 10.0 Å². The van der Waals surface area contributed by atoms with Crippen LogP contribution in [-0.4, -0.2) is 41.6 Å². The molecule has 2 aromatic carbocycles. The van der Waals surface area contributed by atoms with E-state index in [2.05, 4.69) is 10.0 Å². The molecule has 9 heteroatoms. The number of amides is 1. The van der Waals surface area contributed by atoms with Crippen molar-refractivity contribution >= 4 is 15.9 Å². The van der Waals surface area contributed by atoms with Crippen LogP contribution < -0.4 is 19.5 Å². The molecule has 152 valence electrons. The SMILES string of the molecule is COc1cc(C)c(S(=O)(=O)NCCCNC(=O)c2ccccc2F)cc1OC. The molecular weight excluding hydrogens is 387 g/mol. The molecule has 0 aliphatic rings. The Labute approximate surface area is 163 Å². The number of hydrogen-bond acceptors (Lipinski definition) is 5. The van der Waals surface area contributed by atoms with Gasteiger partial charge >= 0.3 is 0 Å². The number of rotatable bonds is 9. The number of sulfonamides is 1. The zero-order valence-electron chi connectivity index (χ0n) is 15.9. The Morgan fingerprint density at radius 3 is 2.36 bits per heavy atom. The number of halogens is 1. The molecule has 0 saturated carbocycles. The number of hydrogen-bond donors (Lipinski definition) is 2. The summed E-state index contributed by atoms with van der Waals surface area (Å²) in [5, 5.41) is 2.56. The van der Waals surface area contributed by atoms with Crippen LogP contribution in [0.4, 0.5) is 4.39 Å². The van der Waals surface area contributed by atoms with Gasteiger partial charge in [-0.05, 0) is 37.1 Å². The highest BCUT2D eigenvalue weighted by Gasteiger charge is 2.20. The molecule has 0 aromatic heterocycles. The summed E-state index contributed by atoms with van der Waals surface area (Å²) >= 11 is 0. The van der Waals surface area contributed by atoms with Gasteiger partial charge in [-0.1, -0.05) is 12.1 Å². The second-order valence-corrected chi connectivity index (χ2v) is 7.70.